The number of rotatable bonds is 6. The molecule has 1 aromatic rings. The molecule has 0 aliphatic carbocycles. The van der Waals surface area contributed by atoms with Gasteiger partial charge in [-0.2, -0.15) is 5.10 Å². The summed E-state index contributed by atoms with van der Waals surface area (Å²) in [6.07, 6.45) is 4.08. The molecule has 100 valence electrons. The first kappa shape index (κ1) is 13.0. The van der Waals surface area contributed by atoms with Gasteiger partial charge in [0.2, 0.25) is 5.91 Å². The molecule has 0 aromatic carbocycles. The van der Waals surface area contributed by atoms with Crippen molar-refractivity contribution in [3.8, 4) is 0 Å². The smallest absolute Gasteiger partial charge is 0.221 e. The summed E-state index contributed by atoms with van der Waals surface area (Å²) in [6, 6.07) is 1.86. The van der Waals surface area contributed by atoms with E-state index in [1.807, 2.05) is 12.3 Å². The van der Waals surface area contributed by atoms with Crippen molar-refractivity contribution in [1.82, 2.24) is 25.3 Å². The fourth-order valence-electron chi connectivity index (χ4n) is 2.03. The maximum Gasteiger partial charge on any atom is 0.221 e. The predicted octanol–water partition coefficient (Wildman–Crippen LogP) is -0.705. The average molecular weight is 251 g/mol. The first-order chi connectivity index (χ1) is 8.84. The Morgan fingerprint density at radius 3 is 2.89 bits per heavy atom. The minimum absolute atomic E-state index is 0.0978. The summed E-state index contributed by atoms with van der Waals surface area (Å²) in [4.78, 5) is 14.0. The molecule has 0 saturated carbocycles. The van der Waals surface area contributed by atoms with Crippen LogP contribution in [-0.4, -0.2) is 59.9 Å². The van der Waals surface area contributed by atoms with E-state index in [0.717, 1.165) is 39.3 Å². The third-order valence-electron chi connectivity index (χ3n) is 3.09. The second kappa shape index (κ2) is 7.13. The summed E-state index contributed by atoms with van der Waals surface area (Å²) in [6.45, 7) is 6.56. The first-order valence-corrected chi connectivity index (χ1v) is 6.52. The van der Waals surface area contributed by atoms with E-state index >= 15 is 0 Å². The molecule has 1 amide bonds. The van der Waals surface area contributed by atoms with Gasteiger partial charge < -0.3 is 10.6 Å². The number of nitrogens with one attached hydrogen (secondary N) is 2. The minimum Gasteiger partial charge on any atom is -0.355 e. The molecular formula is C12H21N5O. The van der Waals surface area contributed by atoms with Crippen molar-refractivity contribution in [2.75, 3.05) is 39.3 Å². The molecule has 2 heterocycles. The molecule has 0 unspecified atom stereocenters. The van der Waals surface area contributed by atoms with Gasteiger partial charge in [0.25, 0.3) is 0 Å². The molecule has 1 aliphatic heterocycles. The predicted molar refractivity (Wildman–Crippen MR) is 69.2 cm³/mol. The van der Waals surface area contributed by atoms with E-state index in [0.29, 0.717) is 13.0 Å². The number of carbonyl (C=O) groups excluding carboxylic acids is 1. The van der Waals surface area contributed by atoms with Gasteiger partial charge in [-0.3, -0.25) is 14.4 Å². The molecule has 6 nitrogen and oxygen atoms in total. The van der Waals surface area contributed by atoms with Crippen LogP contribution in [0.4, 0.5) is 0 Å². The second-order valence-electron chi connectivity index (χ2n) is 4.46. The van der Waals surface area contributed by atoms with Crippen LogP contribution in [-0.2, 0) is 11.3 Å². The minimum atomic E-state index is 0.0978. The van der Waals surface area contributed by atoms with E-state index in [4.69, 9.17) is 0 Å². The molecule has 1 aliphatic rings. The standard InChI is InChI=1S/C12H21N5O/c18-12(2-8-17-7-1-3-15-17)14-6-11-16-9-4-13-5-10-16/h1,3,7,13H,2,4-6,8-11H2,(H,14,18). The molecule has 0 bridgehead atoms. The Kier molecular flexibility index (Phi) is 5.16. The Bertz CT molecular complexity index is 345. The van der Waals surface area contributed by atoms with Gasteiger partial charge in [0.15, 0.2) is 0 Å². The Balaban J connectivity index is 1.54. The van der Waals surface area contributed by atoms with Gasteiger partial charge in [0.1, 0.15) is 0 Å². The van der Waals surface area contributed by atoms with Crippen molar-refractivity contribution < 1.29 is 4.79 Å². The molecule has 0 radical (unpaired) electrons. The highest BCUT2D eigenvalue weighted by molar-refractivity contribution is 5.75. The quantitative estimate of drug-likeness (QED) is 0.701. The van der Waals surface area contributed by atoms with Crippen LogP contribution in [0.3, 0.4) is 0 Å². The third-order valence-corrected chi connectivity index (χ3v) is 3.09. The maximum atomic E-state index is 11.6. The van der Waals surface area contributed by atoms with Crippen molar-refractivity contribution in [1.29, 1.82) is 0 Å². The fraction of sp³-hybridized carbons (Fsp3) is 0.667. The summed E-state index contributed by atoms with van der Waals surface area (Å²) in [5.41, 5.74) is 0. The maximum absolute atomic E-state index is 11.6. The molecule has 2 N–H and O–H groups in total. The molecule has 0 spiro atoms. The SMILES string of the molecule is O=C(CCn1cccn1)NCCN1CCNCC1. The van der Waals surface area contributed by atoms with Gasteiger partial charge in [0, 0.05) is 64.6 Å². The highest BCUT2D eigenvalue weighted by atomic mass is 16.1. The van der Waals surface area contributed by atoms with Gasteiger partial charge in [-0.1, -0.05) is 0 Å². The molecule has 1 fully saturated rings. The van der Waals surface area contributed by atoms with E-state index in [2.05, 4.69) is 20.6 Å². The number of hydrogen-bond donors (Lipinski definition) is 2. The second-order valence-corrected chi connectivity index (χ2v) is 4.46. The van der Waals surface area contributed by atoms with E-state index in [-0.39, 0.29) is 5.91 Å². The average Bonchev–Trinajstić information content (AvgIpc) is 2.91. The van der Waals surface area contributed by atoms with E-state index in [1.165, 1.54) is 0 Å². The Hall–Kier alpha value is -1.40. The van der Waals surface area contributed by atoms with Crippen LogP contribution in [0.5, 0.6) is 0 Å². The summed E-state index contributed by atoms with van der Waals surface area (Å²) < 4.78 is 1.77. The first-order valence-electron chi connectivity index (χ1n) is 6.52. The summed E-state index contributed by atoms with van der Waals surface area (Å²) in [5, 5.41) is 10.3. The molecule has 1 saturated heterocycles. The van der Waals surface area contributed by atoms with Gasteiger partial charge >= 0.3 is 0 Å². The van der Waals surface area contributed by atoms with Crippen LogP contribution < -0.4 is 10.6 Å². The number of amides is 1. The molecular weight excluding hydrogens is 230 g/mol. The zero-order valence-corrected chi connectivity index (χ0v) is 10.6. The van der Waals surface area contributed by atoms with Crippen LogP contribution in [0.1, 0.15) is 6.42 Å². The lowest BCUT2D eigenvalue weighted by Gasteiger charge is -2.27. The lowest BCUT2D eigenvalue weighted by Crippen LogP contribution is -2.46. The summed E-state index contributed by atoms with van der Waals surface area (Å²) in [7, 11) is 0. The molecule has 0 atom stereocenters. The number of aromatic nitrogens is 2. The normalized spacial score (nSPS) is 16.7. The van der Waals surface area contributed by atoms with Crippen molar-refractivity contribution in [3.63, 3.8) is 0 Å². The zero-order valence-electron chi connectivity index (χ0n) is 10.6. The summed E-state index contributed by atoms with van der Waals surface area (Å²) in [5.74, 6) is 0.0978. The van der Waals surface area contributed by atoms with Gasteiger partial charge in [-0.15, -0.1) is 0 Å². The van der Waals surface area contributed by atoms with Crippen LogP contribution in [0.25, 0.3) is 0 Å². The Labute approximate surface area is 107 Å². The highest BCUT2D eigenvalue weighted by Crippen LogP contribution is 1.91. The monoisotopic (exact) mass is 251 g/mol. The van der Waals surface area contributed by atoms with Gasteiger partial charge in [-0.25, -0.2) is 0 Å². The van der Waals surface area contributed by atoms with Crippen LogP contribution in [0, 0.1) is 0 Å². The molecule has 2 rings (SSSR count). The van der Waals surface area contributed by atoms with Crippen molar-refractivity contribution in [3.05, 3.63) is 18.5 Å². The third kappa shape index (κ3) is 4.46. The van der Waals surface area contributed by atoms with E-state index < -0.39 is 0 Å². The van der Waals surface area contributed by atoms with Gasteiger partial charge in [0.05, 0.1) is 0 Å². The Morgan fingerprint density at radius 2 is 2.17 bits per heavy atom. The number of carbonyl (C=O) groups is 1. The summed E-state index contributed by atoms with van der Waals surface area (Å²) >= 11 is 0. The van der Waals surface area contributed by atoms with Crippen LogP contribution in [0.2, 0.25) is 0 Å². The van der Waals surface area contributed by atoms with Crippen molar-refractivity contribution >= 4 is 5.91 Å². The molecule has 1 aromatic heterocycles. The number of hydrogen-bond acceptors (Lipinski definition) is 4. The molecule has 18 heavy (non-hydrogen) atoms. The fourth-order valence-corrected chi connectivity index (χ4v) is 2.03. The van der Waals surface area contributed by atoms with Crippen LogP contribution in [0.15, 0.2) is 18.5 Å². The number of aryl methyl sites for hydroxylation is 1. The van der Waals surface area contributed by atoms with Crippen LogP contribution >= 0.6 is 0 Å². The Morgan fingerprint density at radius 1 is 1.33 bits per heavy atom. The molecule has 6 heteroatoms. The van der Waals surface area contributed by atoms with Crippen molar-refractivity contribution in [2.24, 2.45) is 0 Å². The largest absolute Gasteiger partial charge is 0.355 e. The highest BCUT2D eigenvalue weighted by Gasteiger charge is 2.09. The number of piperazine rings is 1. The lowest BCUT2D eigenvalue weighted by molar-refractivity contribution is -0.121. The lowest BCUT2D eigenvalue weighted by atomic mass is 10.3. The van der Waals surface area contributed by atoms with E-state index in [1.54, 1.807) is 10.9 Å². The zero-order chi connectivity index (χ0) is 12.6. The van der Waals surface area contributed by atoms with Crippen molar-refractivity contribution in [2.45, 2.75) is 13.0 Å². The van der Waals surface area contributed by atoms with E-state index in [9.17, 15) is 4.79 Å². The number of nitrogens with zero attached hydrogens (tertiary/aromatic N) is 3. The van der Waals surface area contributed by atoms with Gasteiger partial charge in [-0.05, 0) is 6.07 Å². The topological polar surface area (TPSA) is 62.2 Å².